The van der Waals surface area contributed by atoms with E-state index < -0.39 is 0 Å². The Balaban J connectivity index is 2.01. The zero-order chi connectivity index (χ0) is 11.5. The third kappa shape index (κ3) is 2.53. The number of nitrogens with one attached hydrogen (secondary N) is 1. The van der Waals surface area contributed by atoms with Crippen molar-refractivity contribution in [3.8, 4) is 0 Å². The number of aromatic nitrogens is 1. The third-order valence-corrected chi connectivity index (χ3v) is 3.37. The van der Waals surface area contributed by atoms with Crippen molar-refractivity contribution < 1.29 is 4.79 Å². The molecule has 0 aromatic carbocycles. The van der Waals surface area contributed by atoms with E-state index in [1.54, 1.807) is 12.3 Å². The van der Waals surface area contributed by atoms with Gasteiger partial charge in [0.2, 0.25) is 0 Å². The summed E-state index contributed by atoms with van der Waals surface area (Å²) in [6.07, 6.45) is 6.40. The molecule has 1 aliphatic rings. The fraction of sp³-hybridized carbons (Fsp3) is 0.500. The number of halogens is 1. The molecule has 2 rings (SSSR count). The summed E-state index contributed by atoms with van der Waals surface area (Å²) in [6.45, 7) is 2.21. The first-order chi connectivity index (χ1) is 7.66. The highest BCUT2D eigenvalue weighted by Gasteiger charge is 2.23. The second-order valence-corrected chi connectivity index (χ2v) is 4.85. The summed E-state index contributed by atoms with van der Waals surface area (Å²) in [5.74, 6) is 0.590. The van der Waals surface area contributed by atoms with Crippen molar-refractivity contribution in [1.29, 1.82) is 0 Å². The molecule has 0 spiro atoms. The van der Waals surface area contributed by atoms with Gasteiger partial charge in [-0.3, -0.25) is 9.78 Å². The van der Waals surface area contributed by atoms with Gasteiger partial charge in [-0.2, -0.15) is 0 Å². The molecule has 0 aliphatic heterocycles. The lowest BCUT2D eigenvalue weighted by atomic mass is 10.1. The molecule has 1 heterocycles. The maximum atomic E-state index is 11.9. The SMILES string of the molecule is CC1CCC(NC(=O)c2cnccc2Cl)C1. The van der Waals surface area contributed by atoms with Crippen LogP contribution in [0.4, 0.5) is 0 Å². The Morgan fingerprint density at radius 2 is 2.38 bits per heavy atom. The van der Waals surface area contributed by atoms with E-state index in [1.165, 1.54) is 12.6 Å². The van der Waals surface area contributed by atoms with Crippen molar-refractivity contribution in [1.82, 2.24) is 10.3 Å². The highest BCUT2D eigenvalue weighted by atomic mass is 35.5. The van der Waals surface area contributed by atoms with Crippen LogP contribution in [0, 0.1) is 5.92 Å². The zero-order valence-corrected chi connectivity index (χ0v) is 10.00. The van der Waals surface area contributed by atoms with E-state index in [0.29, 0.717) is 22.5 Å². The molecule has 1 N–H and O–H groups in total. The number of carbonyl (C=O) groups is 1. The van der Waals surface area contributed by atoms with Gasteiger partial charge in [0.05, 0.1) is 10.6 Å². The predicted octanol–water partition coefficient (Wildman–Crippen LogP) is 2.65. The number of rotatable bonds is 2. The molecule has 1 aliphatic carbocycles. The summed E-state index contributed by atoms with van der Waals surface area (Å²) in [5, 5.41) is 3.46. The standard InChI is InChI=1S/C12H15ClN2O/c1-8-2-3-9(6-8)15-12(16)10-7-14-5-4-11(10)13/h4-5,7-9H,2-3,6H2,1H3,(H,15,16). The average Bonchev–Trinajstić information content (AvgIpc) is 2.64. The van der Waals surface area contributed by atoms with Crippen LogP contribution in [0.2, 0.25) is 5.02 Å². The number of nitrogens with zero attached hydrogens (tertiary/aromatic N) is 1. The van der Waals surface area contributed by atoms with Crippen LogP contribution in [0.5, 0.6) is 0 Å². The van der Waals surface area contributed by atoms with Crippen LogP contribution in [0.15, 0.2) is 18.5 Å². The van der Waals surface area contributed by atoms with Gasteiger partial charge < -0.3 is 5.32 Å². The fourth-order valence-corrected chi connectivity index (χ4v) is 2.34. The lowest BCUT2D eigenvalue weighted by molar-refractivity contribution is 0.0937. The van der Waals surface area contributed by atoms with Gasteiger partial charge in [0, 0.05) is 18.4 Å². The largest absolute Gasteiger partial charge is 0.349 e. The summed E-state index contributed by atoms with van der Waals surface area (Å²) in [5.41, 5.74) is 0.462. The molecule has 1 fully saturated rings. The predicted molar refractivity (Wildman–Crippen MR) is 63.5 cm³/mol. The lowest BCUT2D eigenvalue weighted by Crippen LogP contribution is -2.33. The van der Waals surface area contributed by atoms with Crippen LogP contribution in [-0.4, -0.2) is 16.9 Å². The van der Waals surface area contributed by atoms with Gasteiger partial charge in [0.1, 0.15) is 0 Å². The van der Waals surface area contributed by atoms with E-state index in [9.17, 15) is 4.79 Å². The number of hydrogen-bond donors (Lipinski definition) is 1. The Hall–Kier alpha value is -1.09. The highest BCUT2D eigenvalue weighted by molar-refractivity contribution is 6.33. The highest BCUT2D eigenvalue weighted by Crippen LogP contribution is 2.25. The van der Waals surface area contributed by atoms with Gasteiger partial charge in [-0.25, -0.2) is 0 Å². The van der Waals surface area contributed by atoms with Gasteiger partial charge in [-0.1, -0.05) is 18.5 Å². The lowest BCUT2D eigenvalue weighted by Gasteiger charge is -2.12. The fourth-order valence-electron chi connectivity index (χ4n) is 2.15. The summed E-state index contributed by atoms with van der Waals surface area (Å²) in [4.78, 5) is 15.8. The van der Waals surface area contributed by atoms with Crippen molar-refractivity contribution in [2.75, 3.05) is 0 Å². The molecule has 0 bridgehead atoms. The van der Waals surface area contributed by atoms with E-state index >= 15 is 0 Å². The first kappa shape index (κ1) is 11.4. The van der Waals surface area contributed by atoms with Crippen LogP contribution in [0.3, 0.4) is 0 Å². The van der Waals surface area contributed by atoms with Crippen molar-refractivity contribution >= 4 is 17.5 Å². The minimum atomic E-state index is -0.114. The molecule has 1 aromatic heterocycles. The molecule has 2 unspecified atom stereocenters. The first-order valence-corrected chi connectivity index (χ1v) is 5.95. The van der Waals surface area contributed by atoms with Gasteiger partial charge in [-0.15, -0.1) is 0 Å². The quantitative estimate of drug-likeness (QED) is 0.861. The minimum Gasteiger partial charge on any atom is -0.349 e. The normalized spacial score (nSPS) is 24.4. The maximum absolute atomic E-state index is 11.9. The van der Waals surface area contributed by atoms with E-state index in [0.717, 1.165) is 12.8 Å². The minimum absolute atomic E-state index is 0.114. The second kappa shape index (κ2) is 4.83. The van der Waals surface area contributed by atoms with Crippen molar-refractivity contribution in [2.24, 2.45) is 5.92 Å². The average molecular weight is 239 g/mol. The number of hydrogen-bond acceptors (Lipinski definition) is 2. The maximum Gasteiger partial charge on any atom is 0.254 e. The summed E-state index contributed by atoms with van der Waals surface area (Å²) < 4.78 is 0. The van der Waals surface area contributed by atoms with Gasteiger partial charge in [0.25, 0.3) is 5.91 Å². The van der Waals surface area contributed by atoms with E-state index in [4.69, 9.17) is 11.6 Å². The van der Waals surface area contributed by atoms with Gasteiger partial charge in [0.15, 0.2) is 0 Å². The molecule has 3 nitrogen and oxygen atoms in total. The van der Waals surface area contributed by atoms with Crippen LogP contribution in [0.25, 0.3) is 0 Å². The summed E-state index contributed by atoms with van der Waals surface area (Å²) in [6, 6.07) is 1.92. The molecule has 1 saturated carbocycles. The smallest absolute Gasteiger partial charge is 0.254 e. The van der Waals surface area contributed by atoms with E-state index in [-0.39, 0.29) is 5.91 Å². The van der Waals surface area contributed by atoms with Crippen molar-refractivity contribution in [3.63, 3.8) is 0 Å². The van der Waals surface area contributed by atoms with Crippen molar-refractivity contribution in [2.45, 2.75) is 32.2 Å². The molecule has 2 atom stereocenters. The monoisotopic (exact) mass is 238 g/mol. The number of amides is 1. The molecule has 16 heavy (non-hydrogen) atoms. The molecule has 86 valence electrons. The van der Waals surface area contributed by atoms with Crippen LogP contribution < -0.4 is 5.32 Å². The molecular weight excluding hydrogens is 224 g/mol. The molecule has 1 aromatic rings. The number of carbonyl (C=O) groups excluding carboxylic acids is 1. The summed E-state index contributed by atoms with van der Waals surface area (Å²) in [7, 11) is 0. The van der Waals surface area contributed by atoms with Crippen LogP contribution in [0.1, 0.15) is 36.5 Å². The Kier molecular flexibility index (Phi) is 3.44. The molecule has 0 saturated heterocycles. The van der Waals surface area contributed by atoms with Gasteiger partial charge >= 0.3 is 0 Å². The summed E-state index contributed by atoms with van der Waals surface area (Å²) >= 11 is 5.93. The molecular formula is C12H15ClN2O. The van der Waals surface area contributed by atoms with E-state index in [1.807, 2.05) is 0 Å². The van der Waals surface area contributed by atoms with Crippen molar-refractivity contribution in [3.05, 3.63) is 29.0 Å². The molecule has 0 radical (unpaired) electrons. The van der Waals surface area contributed by atoms with E-state index in [2.05, 4.69) is 17.2 Å². The Labute approximate surface area is 100 Å². The topological polar surface area (TPSA) is 42.0 Å². The Bertz CT molecular complexity index is 394. The van der Waals surface area contributed by atoms with Gasteiger partial charge in [-0.05, 0) is 31.2 Å². The first-order valence-electron chi connectivity index (χ1n) is 5.57. The number of pyridine rings is 1. The third-order valence-electron chi connectivity index (χ3n) is 3.04. The molecule has 4 heteroatoms. The second-order valence-electron chi connectivity index (χ2n) is 4.44. The van der Waals surface area contributed by atoms with Crippen LogP contribution in [-0.2, 0) is 0 Å². The Morgan fingerprint density at radius 3 is 3.00 bits per heavy atom. The zero-order valence-electron chi connectivity index (χ0n) is 9.24. The van der Waals surface area contributed by atoms with Crippen LogP contribution >= 0.6 is 11.6 Å². The Morgan fingerprint density at radius 1 is 1.56 bits per heavy atom. The molecule has 1 amide bonds.